The molecule has 0 bridgehead atoms. The summed E-state index contributed by atoms with van der Waals surface area (Å²) in [7, 11) is 1.81. The minimum absolute atomic E-state index is 0.416. The van der Waals surface area contributed by atoms with Crippen LogP contribution in [0.15, 0.2) is 42.5 Å². The molecule has 0 spiro atoms. The summed E-state index contributed by atoms with van der Waals surface area (Å²) < 4.78 is 0. The molecule has 96 valence electrons. The van der Waals surface area contributed by atoms with Crippen molar-refractivity contribution in [3.63, 3.8) is 0 Å². The van der Waals surface area contributed by atoms with Crippen molar-refractivity contribution in [2.24, 2.45) is 0 Å². The van der Waals surface area contributed by atoms with E-state index in [9.17, 15) is 10.1 Å². The van der Waals surface area contributed by atoms with Gasteiger partial charge in [-0.25, -0.2) is 0 Å². The second kappa shape index (κ2) is 5.69. The fourth-order valence-corrected chi connectivity index (χ4v) is 1.93. The van der Waals surface area contributed by atoms with Crippen molar-refractivity contribution in [2.75, 3.05) is 11.9 Å². The number of nitrogens with zero attached hydrogens (tertiary/aromatic N) is 3. The van der Waals surface area contributed by atoms with E-state index in [2.05, 4.69) is 12.1 Å². The van der Waals surface area contributed by atoms with Gasteiger partial charge in [0.05, 0.1) is 22.9 Å². The van der Waals surface area contributed by atoms with Gasteiger partial charge in [0.25, 0.3) is 0 Å². The Balaban J connectivity index is 2.48. The molecule has 2 aromatic rings. The highest BCUT2D eigenvalue weighted by Crippen LogP contribution is 2.27. The highest BCUT2D eigenvalue weighted by atomic mass is 16.1. The fourth-order valence-electron chi connectivity index (χ4n) is 1.93. The Bertz CT molecular complexity index is 738. The molecule has 2 aromatic carbocycles. The topological polar surface area (TPSA) is 67.9 Å². The second-order valence-corrected chi connectivity index (χ2v) is 4.23. The van der Waals surface area contributed by atoms with Crippen LogP contribution in [-0.2, 0) is 0 Å². The number of carbonyl (C=O) groups is 1. The van der Waals surface area contributed by atoms with Crippen LogP contribution in [0.2, 0.25) is 0 Å². The minimum atomic E-state index is 0.416. The molecule has 0 unspecified atom stereocenters. The van der Waals surface area contributed by atoms with E-state index < -0.39 is 0 Å². The maximum Gasteiger partial charge on any atom is 0.150 e. The summed E-state index contributed by atoms with van der Waals surface area (Å²) in [6.45, 7) is 0. The zero-order valence-corrected chi connectivity index (χ0v) is 10.9. The molecule has 0 atom stereocenters. The SMILES string of the molecule is CN(c1cccc(C#N)c1)c1ccc(C=O)cc1C#N. The lowest BCUT2D eigenvalue weighted by molar-refractivity contribution is 0.112. The first-order valence-electron chi connectivity index (χ1n) is 5.93. The van der Waals surface area contributed by atoms with Gasteiger partial charge in [-0.05, 0) is 36.4 Å². The monoisotopic (exact) mass is 261 g/mol. The van der Waals surface area contributed by atoms with Crippen LogP contribution in [0.1, 0.15) is 21.5 Å². The fraction of sp³-hybridized carbons (Fsp3) is 0.0625. The van der Waals surface area contributed by atoms with Gasteiger partial charge in [0.2, 0.25) is 0 Å². The molecule has 0 aliphatic carbocycles. The van der Waals surface area contributed by atoms with Gasteiger partial charge in [0, 0.05) is 18.3 Å². The predicted octanol–water partition coefficient (Wildman–Crippen LogP) is 3.01. The first-order valence-corrected chi connectivity index (χ1v) is 5.93. The predicted molar refractivity (Wildman–Crippen MR) is 75.8 cm³/mol. The van der Waals surface area contributed by atoms with E-state index in [1.807, 2.05) is 18.0 Å². The summed E-state index contributed by atoms with van der Waals surface area (Å²) in [5.41, 5.74) is 2.92. The number of aldehydes is 1. The Morgan fingerprint density at radius 3 is 2.55 bits per heavy atom. The van der Waals surface area contributed by atoms with E-state index in [4.69, 9.17) is 5.26 Å². The van der Waals surface area contributed by atoms with Gasteiger partial charge >= 0.3 is 0 Å². The van der Waals surface area contributed by atoms with Gasteiger partial charge in [0.15, 0.2) is 0 Å². The van der Waals surface area contributed by atoms with Gasteiger partial charge in [-0.15, -0.1) is 0 Å². The van der Waals surface area contributed by atoms with Crippen LogP contribution in [-0.4, -0.2) is 13.3 Å². The van der Waals surface area contributed by atoms with Crippen LogP contribution >= 0.6 is 0 Å². The highest BCUT2D eigenvalue weighted by Gasteiger charge is 2.10. The second-order valence-electron chi connectivity index (χ2n) is 4.23. The van der Waals surface area contributed by atoms with Crippen molar-refractivity contribution in [2.45, 2.75) is 0 Å². The van der Waals surface area contributed by atoms with E-state index in [-0.39, 0.29) is 0 Å². The molecule has 0 aliphatic heterocycles. The van der Waals surface area contributed by atoms with E-state index >= 15 is 0 Å². The highest BCUT2D eigenvalue weighted by molar-refractivity contribution is 5.79. The van der Waals surface area contributed by atoms with Crippen molar-refractivity contribution in [1.82, 2.24) is 0 Å². The van der Waals surface area contributed by atoms with Gasteiger partial charge in [-0.3, -0.25) is 4.79 Å². The largest absolute Gasteiger partial charge is 0.344 e. The Morgan fingerprint density at radius 2 is 1.90 bits per heavy atom. The van der Waals surface area contributed by atoms with Crippen molar-refractivity contribution >= 4 is 17.7 Å². The zero-order chi connectivity index (χ0) is 14.5. The van der Waals surface area contributed by atoms with Crippen LogP contribution in [0.4, 0.5) is 11.4 Å². The third-order valence-electron chi connectivity index (χ3n) is 3.00. The number of nitriles is 2. The number of hydrogen-bond acceptors (Lipinski definition) is 4. The molecule has 0 saturated heterocycles. The summed E-state index contributed by atoms with van der Waals surface area (Å²) in [5.74, 6) is 0. The minimum Gasteiger partial charge on any atom is -0.344 e. The molecule has 0 amide bonds. The first kappa shape index (κ1) is 13.3. The standard InChI is InChI=1S/C16H11N3O/c1-19(15-4-2-3-12(8-15)9-17)16-6-5-13(11-20)7-14(16)10-18/h2-8,11H,1H3. The Morgan fingerprint density at radius 1 is 1.10 bits per heavy atom. The number of rotatable bonds is 3. The Kier molecular flexibility index (Phi) is 3.79. The van der Waals surface area contributed by atoms with Gasteiger partial charge in [0.1, 0.15) is 12.4 Å². The summed E-state index contributed by atoms with van der Waals surface area (Å²) in [6.07, 6.45) is 0.709. The third kappa shape index (κ3) is 2.50. The molecule has 0 saturated carbocycles. The van der Waals surface area contributed by atoms with Crippen LogP contribution in [0.5, 0.6) is 0 Å². The van der Waals surface area contributed by atoms with Crippen LogP contribution in [0, 0.1) is 22.7 Å². The average molecular weight is 261 g/mol. The lowest BCUT2D eigenvalue weighted by Crippen LogP contribution is -2.11. The zero-order valence-electron chi connectivity index (χ0n) is 10.9. The lowest BCUT2D eigenvalue weighted by Gasteiger charge is -2.21. The first-order chi connectivity index (χ1) is 9.69. The quantitative estimate of drug-likeness (QED) is 0.796. The molecule has 0 fully saturated rings. The molecule has 20 heavy (non-hydrogen) atoms. The molecule has 2 rings (SSSR count). The number of benzene rings is 2. The maximum absolute atomic E-state index is 10.8. The Hall–Kier alpha value is -3.11. The van der Waals surface area contributed by atoms with Crippen molar-refractivity contribution in [1.29, 1.82) is 10.5 Å². The van der Waals surface area contributed by atoms with Crippen molar-refractivity contribution < 1.29 is 4.79 Å². The normalized spacial score (nSPS) is 9.35. The smallest absolute Gasteiger partial charge is 0.150 e. The van der Waals surface area contributed by atoms with Crippen LogP contribution in [0.3, 0.4) is 0 Å². The van der Waals surface area contributed by atoms with Crippen molar-refractivity contribution in [3.05, 3.63) is 59.2 Å². The number of hydrogen-bond donors (Lipinski definition) is 0. The molecule has 0 aromatic heterocycles. The molecule has 4 nitrogen and oxygen atoms in total. The maximum atomic E-state index is 10.8. The molecule has 0 radical (unpaired) electrons. The lowest BCUT2D eigenvalue weighted by atomic mass is 10.1. The van der Waals surface area contributed by atoms with E-state index in [1.165, 1.54) is 0 Å². The summed E-state index contributed by atoms with van der Waals surface area (Å²) in [6, 6.07) is 16.2. The third-order valence-corrected chi connectivity index (χ3v) is 3.00. The van der Waals surface area contributed by atoms with E-state index in [1.54, 1.807) is 36.4 Å². The molecule has 0 N–H and O–H groups in total. The molecular weight excluding hydrogens is 250 g/mol. The van der Waals surface area contributed by atoms with E-state index in [0.29, 0.717) is 28.7 Å². The van der Waals surface area contributed by atoms with Gasteiger partial charge in [-0.2, -0.15) is 10.5 Å². The van der Waals surface area contributed by atoms with Crippen LogP contribution in [0.25, 0.3) is 0 Å². The summed E-state index contributed by atoms with van der Waals surface area (Å²) in [5, 5.41) is 18.1. The molecule has 0 aliphatic rings. The van der Waals surface area contributed by atoms with Gasteiger partial charge in [-0.1, -0.05) is 6.07 Å². The molecular formula is C16H11N3O. The summed E-state index contributed by atoms with van der Waals surface area (Å²) >= 11 is 0. The molecule has 4 heteroatoms. The Labute approximate surface area is 117 Å². The number of carbonyl (C=O) groups excluding carboxylic acids is 1. The number of anilines is 2. The van der Waals surface area contributed by atoms with Crippen LogP contribution < -0.4 is 4.90 Å². The summed E-state index contributed by atoms with van der Waals surface area (Å²) in [4.78, 5) is 12.6. The van der Waals surface area contributed by atoms with Gasteiger partial charge < -0.3 is 4.90 Å². The van der Waals surface area contributed by atoms with Crippen molar-refractivity contribution in [3.8, 4) is 12.1 Å². The van der Waals surface area contributed by atoms with E-state index in [0.717, 1.165) is 5.69 Å². The molecule has 0 heterocycles. The average Bonchev–Trinajstić information content (AvgIpc) is 2.53.